The highest BCUT2D eigenvalue weighted by molar-refractivity contribution is 5.60. The summed E-state index contributed by atoms with van der Waals surface area (Å²) >= 11 is 0. The average molecular weight is 284 g/mol. The second-order valence-electron chi connectivity index (χ2n) is 5.86. The third-order valence-electron chi connectivity index (χ3n) is 3.56. The zero-order valence-corrected chi connectivity index (χ0v) is 13.5. The van der Waals surface area contributed by atoms with Crippen molar-refractivity contribution in [1.29, 1.82) is 0 Å². The number of nitrogens with zero attached hydrogens (tertiary/aromatic N) is 3. The molecule has 0 radical (unpaired) electrons. The first-order chi connectivity index (χ1) is 9.97. The van der Waals surface area contributed by atoms with Gasteiger partial charge in [0.15, 0.2) is 0 Å². The second kappa shape index (κ2) is 6.68. The van der Waals surface area contributed by atoms with E-state index in [0.717, 1.165) is 17.1 Å². The van der Waals surface area contributed by atoms with E-state index in [1.165, 1.54) is 5.56 Å². The van der Waals surface area contributed by atoms with Crippen LogP contribution >= 0.6 is 0 Å². The van der Waals surface area contributed by atoms with Crippen molar-refractivity contribution < 1.29 is 0 Å². The normalized spacial score (nSPS) is 12.7. The van der Waals surface area contributed by atoms with Crippen LogP contribution in [0.4, 0.5) is 5.82 Å². The Morgan fingerprint density at radius 3 is 2.05 bits per heavy atom. The molecule has 0 unspecified atom stereocenters. The Labute approximate surface area is 127 Å². The van der Waals surface area contributed by atoms with Crippen LogP contribution in [0, 0.1) is 0 Å². The van der Waals surface area contributed by atoms with E-state index in [0.29, 0.717) is 12.1 Å². The Morgan fingerprint density at radius 2 is 1.57 bits per heavy atom. The van der Waals surface area contributed by atoms with Crippen molar-refractivity contribution >= 4 is 5.82 Å². The number of hydrogen-bond acceptors (Lipinski definition) is 4. The number of rotatable bonds is 5. The minimum atomic E-state index is 0.358. The molecule has 0 aliphatic carbocycles. The van der Waals surface area contributed by atoms with E-state index in [9.17, 15) is 0 Å². The number of anilines is 1. The van der Waals surface area contributed by atoms with Crippen LogP contribution in [-0.4, -0.2) is 35.2 Å². The summed E-state index contributed by atoms with van der Waals surface area (Å²) in [5, 5.41) is 11.7. The molecule has 2 aromatic rings. The number of benzene rings is 1. The van der Waals surface area contributed by atoms with Gasteiger partial charge in [-0.25, -0.2) is 0 Å². The second-order valence-corrected chi connectivity index (χ2v) is 5.86. The van der Waals surface area contributed by atoms with Crippen molar-refractivity contribution in [1.82, 2.24) is 15.1 Å². The Kier molecular flexibility index (Phi) is 4.91. The quantitative estimate of drug-likeness (QED) is 0.911. The summed E-state index contributed by atoms with van der Waals surface area (Å²) in [6.07, 6.45) is 0. The van der Waals surface area contributed by atoms with E-state index in [1.54, 1.807) is 0 Å². The SMILES string of the molecule is CC(C)Nc1ccc(-c2ccc([C@H](C)N(C)C)cc2)nn1. The van der Waals surface area contributed by atoms with Gasteiger partial charge in [0.25, 0.3) is 0 Å². The van der Waals surface area contributed by atoms with Gasteiger partial charge in [-0.2, -0.15) is 0 Å². The smallest absolute Gasteiger partial charge is 0.148 e. The van der Waals surface area contributed by atoms with Crippen LogP contribution in [0.5, 0.6) is 0 Å². The lowest BCUT2D eigenvalue weighted by Crippen LogP contribution is -2.16. The molecule has 21 heavy (non-hydrogen) atoms. The van der Waals surface area contributed by atoms with E-state index in [1.807, 2.05) is 12.1 Å². The molecular formula is C17H24N4. The topological polar surface area (TPSA) is 41.0 Å². The van der Waals surface area contributed by atoms with Crippen molar-refractivity contribution in [2.75, 3.05) is 19.4 Å². The lowest BCUT2D eigenvalue weighted by molar-refractivity contribution is 0.321. The highest BCUT2D eigenvalue weighted by Crippen LogP contribution is 2.22. The first-order valence-electron chi connectivity index (χ1n) is 7.34. The molecule has 112 valence electrons. The molecule has 4 nitrogen and oxygen atoms in total. The lowest BCUT2D eigenvalue weighted by atomic mass is 10.0. The molecule has 1 aromatic heterocycles. The van der Waals surface area contributed by atoms with Crippen molar-refractivity contribution in [3.63, 3.8) is 0 Å². The average Bonchev–Trinajstić information content (AvgIpc) is 2.47. The van der Waals surface area contributed by atoms with Crippen LogP contribution in [-0.2, 0) is 0 Å². The Bertz CT molecular complexity index is 558. The predicted molar refractivity (Wildman–Crippen MR) is 88.3 cm³/mol. The molecule has 0 saturated heterocycles. The van der Waals surface area contributed by atoms with Gasteiger partial charge in [0.1, 0.15) is 5.82 Å². The van der Waals surface area contributed by atoms with Crippen LogP contribution in [0.15, 0.2) is 36.4 Å². The van der Waals surface area contributed by atoms with Gasteiger partial charge in [0.05, 0.1) is 5.69 Å². The highest BCUT2D eigenvalue weighted by Gasteiger charge is 2.08. The number of nitrogens with one attached hydrogen (secondary N) is 1. The molecule has 0 amide bonds. The molecule has 0 bridgehead atoms. The van der Waals surface area contributed by atoms with E-state index in [2.05, 4.69) is 79.5 Å². The van der Waals surface area contributed by atoms with Crippen LogP contribution in [0.2, 0.25) is 0 Å². The zero-order valence-electron chi connectivity index (χ0n) is 13.5. The minimum absolute atomic E-state index is 0.358. The maximum Gasteiger partial charge on any atom is 0.148 e. The van der Waals surface area contributed by atoms with Gasteiger partial charge in [-0.3, -0.25) is 0 Å². The summed E-state index contributed by atoms with van der Waals surface area (Å²) in [4.78, 5) is 2.20. The number of hydrogen-bond donors (Lipinski definition) is 1. The van der Waals surface area contributed by atoms with Crippen LogP contribution < -0.4 is 5.32 Å². The van der Waals surface area contributed by atoms with E-state index < -0.39 is 0 Å². The molecule has 0 saturated carbocycles. The van der Waals surface area contributed by atoms with Crippen molar-refractivity contribution in [3.05, 3.63) is 42.0 Å². The third kappa shape index (κ3) is 4.02. The highest BCUT2D eigenvalue weighted by atomic mass is 15.2. The maximum atomic E-state index is 4.29. The van der Waals surface area contributed by atoms with Crippen molar-refractivity contribution in [2.24, 2.45) is 0 Å². The van der Waals surface area contributed by atoms with E-state index in [-0.39, 0.29) is 0 Å². The fraction of sp³-hybridized carbons (Fsp3) is 0.412. The van der Waals surface area contributed by atoms with Crippen LogP contribution in [0.3, 0.4) is 0 Å². The van der Waals surface area contributed by atoms with Gasteiger partial charge in [-0.15, -0.1) is 10.2 Å². The lowest BCUT2D eigenvalue weighted by Gasteiger charge is -2.20. The first-order valence-corrected chi connectivity index (χ1v) is 7.34. The molecular weight excluding hydrogens is 260 g/mol. The minimum Gasteiger partial charge on any atom is -0.366 e. The summed E-state index contributed by atoms with van der Waals surface area (Å²) in [6.45, 7) is 6.36. The molecule has 1 atom stereocenters. The van der Waals surface area contributed by atoms with Crippen molar-refractivity contribution in [2.45, 2.75) is 32.9 Å². The summed E-state index contributed by atoms with van der Waals surface area (Å²) in [7, 11) is 4.18. The van der Waals surface area contributed by atoms with Gasteiger partial charge in [-0.1, -0.05) is 24.3 Å². The Morgan fingerprint density at radius 1 is 0.905 bits per heavy atom. The van der Waals surface area contributed by atoms with Gasteiger partial charge < -0.3 is 10.2 Å². The summed E-state index contributed by atoms with van der Waals surface area (Å²) in [5.74, 6) is 0.812. The van der Waals surface area contributed by atoms with Gasteiger partial charge in [0.2, 0.25) is 0 Å². The molecule has 4 heteroatoms. The molecule has 1 heterocycles. The molecule has 1 N–H and O–H groups in total. The van der Waals surface area contributed by atoms with Crippen molar-refractivity contribution in [3.8, 4) is 11.3 Å². The molecule has 0 aliphatic rings. The summed E-state index contributed by atoms with van der Waals surface area (Å²) in [6, 6.07) is 13.3. The van der Waals surface area contributed by atoms with E-state index in [4.69, 9.17) is 0 Å². The van der Waals surface area contributed by atoms with Gasteiger partial charge >= 0.3 is 0 Å². The predicted octanol–water partition coefficient (Wildman–Crippen LogP) is 3.59. The monoisotopic (exact) mass is 284 g/mol. The van der Waals surface area contributed by atoms with Gasteiger partial charge in [-0.05, 0) is 52.6 Å². The maximum absolute atomic E-state index is 4.29. The van der Waals surface area contributed by atoms with Crippen LogP contribution in [0.1, 0.15) is 32.4 Å². The third-order valence-corrected chi connectivity index (χ3v) is 3.56. The Hall–Kier alpha value is -1.94. The summed E-state index contributed by atoms with van der Waals surface area (Å²) < 4.78 is 0. The molecule has 1 aromatic carbocycles. The largest absolute Gasteiger partial charge is 0.366 e. The number of aromatic nitrogens is 2. The fourth-order valence-electron chi connectivity index (χ4n) is 2.09. The fourth-order valence-corrected chi connectivity index (χ4v) is 2.09. The molecule has 2 rings (SSSR count). The van der Waals surface area contributed by atoms with E-state index >= 15 is 0 Å². The first kappa shape index (κ1) is 15.4. The van der Waals surface area contributed by atoms with Crippen LogP contribution in [0.25, 0.3) is 11.3 Å². The zero-order chi connectivity index (χ0) is 15.4. The van der Waals surface area contributed by atoms with Gasteiger partial charge in [0, 0.05) is 17.6 Å². The molecule has 0 spiro atoms. The standard InChI is InChI=1S/C17H24N4/c1-12(2)18-17-11-10-16(19-20-17)15-8-6-14(7-9-15)13(3)21(4)5/h6-13H,1-5H3,(H,18,20)/t13-/m0/s1. The Balaban J connectivity index is 2.15. The molecule has 0 aliphatic heterocycles. The molecule has 0 fully saturated rings. The summed E-state index contributed by atoms with van der Waals surface area (Å²) in [5.41, 5.74) is 3.29.